The second kappa shape index (κ2) is 12.3. The minimum absolute atomic E-state index is 0.135. The molecule has 0 radical (unpaired) electrons. The number of ketones is 2. The third-order valence-corrected chi connectivity index (χ3v) is 9.94. The van der Waals surface area contributed by atoms with Gasteiger partial charge < -0.3 is 41.5 Å². The number of amides is 3. The highest BCUT2D eigenvalue weighted by Gasteiger charge is 2.69. The number of esters is 1. The van der Waals surface area contributed by atoms with Gasteiger partial charge in [0, 0.05) is 23.3 Å². The first-order valence-electron chi connectivity index (χ1n) is 15.9. The number of phenolic OH excluding ortho intramolecular Hbond substituents is 1. The Kier molecular flexibility index (Phi) is 8.40. The number of aliphatic hydroxyl groups excluding tert-OH is 2. The van der Waals surface area contributed by atoms with Crippen molar-refractivity contribution >= 4 is 57.4 Å². The van der Waals surface area contributed by atoms with E-state index < -0.39 is 93.4 Å². The fourth-order valence-electron chi connectivity index (χ4n) is 7.68. The van der Waals surface area contributed by atoms with Gasteiger partial charge in [0.05, 0.1) is 28.9 Å². The van der Waals surface area contributed by atoms with E-state index >= 15 is 0 Å². The molecule has 0 bridgehead atoms. The third kappa shape index (κ3) is 4.98. The molecule has 3 aliphatic carbocycles. The topological polar surface area (TPSA) is 229 Å². The van der Waals surface area contributed by atoms with Crippen molar-refractivity contribution in [3.05, 3.63) is 82.6 Å². The normalized spacial score (nSPS) is 25.9. The standard InChI is InChI=1S/C36H36N4O10/c1-5-21(41)50-31-22-15(2)17-13-14-20(39-35(48)38-19-12-8-10-16-9-6-7-11-18(16)19)28(42)23(17)29(43)24(22)32(45)36(49)26(31)27(40(3)4)30(44)25(33(36)46)34(37)47/h6-15,22,26-27,31,42-43,46,49H,5H2,1-4H3,(H2,37,47)(H2,38,39,48)/t15-,22+,26+,27-,31-,36-/m0/s1. The van der Waals surface area contributed by atoms with Crippen LogP contribution >= 0.6 is 0 Å². The van der Waals surface area contributed by atoms with Gasteiger partial charge in [0.1, 0.15) is 28.9 Å². The number of aromatic hydroxyl groups is 1. The average molecular weight is 685 g/mol. The maximum atomic E-state index is 14.5. The van der Waals surface area contributed by atoms with Crippen LogP contribution in [0.3, 0.4) is 0 Å². The fourth-order valence-corrected chi connectivity index (χ4v) is 7.68. The molecule has 0 heterocycles. The van der Waals surface area contributed by atoms with Crippen molar-refractivity contribution in [2.45, 2.75) is 43.9 Å². The predicted molar refractivity (Wildman–Crippen MR) is 181 cm³/mol. The number of urea groups is 1. The van der Waals surface area contributed by atoms with Crippen LogP contribution in [0.2, 0.25) is 0 Å². The molecule has 1 fully saturated rings. The molecule has 0 unspecified atom stereocenters. The van der Waals surface area contributed by atoms with Gasteiger partial charge in [0.25, 0.3) is 5.91 Å². The first kappa shape index (κ1) is 34.1. The molecule has 1 saturated carbocycles. The lowest BCUT2D eigenvalue weighted by Crippen LogP contribution is -2.71. The Morgan fingerprint density at radius 2 is 1.62 bits per heavy atom. The quantitative estimate of drug-likeness (QED) is 0.113. The highest BCUT2D eigenvalue weighted by atomic mass is 16.5. The van der Waals surface area contributed by atoms with Gasteiger partial charge in [-0.1, -0.05) is 56.3 Å². The number of carbonyl (C=O) groups is 5. The number of anilines is 2. The van der Waals surface area contributed by atoms with Gasteiger partial charge in [-0.2, -0.15) is 0 Å². The monoisotopic (exact) mass is 684 g/mol. The van der Waals surface area contributed by atoms with E-state index in [9.17, 15) is 44.4 Å². The number of nitrogens with zero attached hydrogens (tertiary/aromatic N) is 1. The number of hydrogen-bond acceptors (Lipinski definition) is 11. The fraction of sp³-hybridized carbons (Fsp3) is 0.306. The number of nitrogens with two attached hydrogens (primary N) is 1. The maximum Gasteiger partial charge on any atom is 0.323 e. The summed E-state index contributed by atoms with van der Waals surface area (Å²) in [7, 11) is 2.89. The SMILES string of the molecule is CCC(=O)O[C@H]1[C@H]2C(=C(O)c3c(ccc(NC(=O)Nc4cccc5ccccc45)c3O)[C@@H]2C)C(=O)[C@]2(O)C(O)=C(C(N)=O)C(=O)[C@@H](N(C)C)[C@H]12. The van der Waals surface area contributed by atoms with Crippen LogP contribution in [0.4, 0.5) is 16.2 Å². The van der Waals surface area contributed by atoms with Crippen molar-refractivity contribution in [2.75, 3.05) is 24.7 Å². The van der Waals surface area contributed by atoms with E-state index in [4.69, 9.17) is 10.5 Å². The highest BCUT2D eigenvalue weighted by molar-refractivity contribution is 6.24. The zero-order chi connectivity index (χ0) is 36.4. The van der Waals surface area contributed by atoms with Gasteiger partial charge >= 0.3 is 12.0 Å². The van der Waals surface area contributed by atoms with Gasteiger partial charge in [-0.25, -0.2) is 4.79 Å². The first-order valence-corrected chi connectivity index (χ1v) is 15.9. The lowest BCUT2D eigenvalue weighted by atomic mass is 9.54. The Balaban J connectivity index is 1.48. The molecule has 6 atom stereocenters. The van der Waals surface area contributed by atoms with Gasteiger partial charge in [-0.15, -0.1) is 0 Å². The summed E-state index contributed by atoms with van der Waals surface area (Å²) in [4.78, 5) is 67.8. The van der Waals surface area contributed by atoms with Crippen LogP contribution in [0.1, 0.15) is 37.3 Å². The number of fused-ring (bicyclic) bond motifs is 4. The summed E-state index contributed by atoms with van der Waals surface area (Å²) in [5, 5.41) is 53.7. The molecule has 14 nitrogen and oxygen atoms in total. The molecule has 3 amide bonds. The zero-order valence-corrected chi connectivity index (χ0v) is 27.6. The summed E-state index contributed by atoms with van der Waals surface area (Å²) >= 11 is 0. The summed E-state index contributed by atoms with van der Waals surface area (Å²) in [6.45, 7) is 3.15. The van der Waals surface area contributed by atoms with E-state index in [-0.39, 0.29) is 17.7 Å². The molecular formula is C36H36N4O10. The lowest BCUT2D eigenvalue weighted by molar-refractivity contribution is -0.185. The third-order valence-electron chi connectivity index (χ3n) is 9.94. The van der Waals surface area contributed by atoms with Crippen molar-refractivity contribution in [2.24, 2.45) is 17.6 Å². The Bertz CT molecular complexity index is 2070. The molecule has 6 rings (SSSR count). The largest absolute Gasteiger partial charge is 0.508 e. The summed E-state index contributed by atoms with van der Waals surface area (Å²) in [5.74, 6) is -10.9. The minimum Gasteiger partial charge on any atom is -0.508 e. The lowest BCUT2D eigenvalue weighted by Gasteiger charge is -2.54. The van der Waals surface area contributed by atoms with Crippen molar-refractivity contribution in [1.82, 2.24) is 4.90 Å². The molecule has 260 valence electrons. The summed E-state index contributed by atoms with van der Waals surface area (Å²) in [6.07, 6.45) is -1.64. The molecule has 14 heteroatoms. The van der Waals surface area contributed by atoms with Crippen molar-refractivity contribution in [3.63, 3.8) is 0 Å². The zero-order valence-electron chi connectivity index (χ0n) is 27.6. The number of likely N-dealkylation sites (N-methyl/N-ethyl adjacent to an activating group) is 1. The van der Waals surface area contributed by atoms with E-state index in [1.807, 2.05) is 30.3 Å². The molecule has 0 aromatic heterocycles. The van der Waals surface area contributed by atoms with E-state index in [2.05, 4.69) is 10.6 Å². The van der Waals surface area contributed by atoms with Crippen LogP contribution in [-0.4, -0.2) is 86.6 Å². The Hall–Kier alpha value is -5.73. The number of phenols is 1. The smallest absolute Gasteiger partial charge is 0.323 e. The molecule has 0 saturated heterocycles. The second-order valence-corrected chi connectivity index (χ2v) is 12.9. The molecule has 3 aromatic rings. The second-order valence-electron chi connectivity index (χ2n) is 12.9. The highest BCUT2D eigenvalue weighted by Crippen LogP contribution is 2.57. The Morgan fingerprint density at radius 1 is 0.960 bits per heavy atom. The predicted octanol–water partition coefficient (Wildman–Crippen LogP) is 3.25. The number of ether oxygens (including phenoxy) is 1. The Labute approximate surface area is 285 Å². The molecule has 50 heavy (non-hydrogen) atoms. The number of rotatable bonds is 6. The molecule has 8 N–H and O–H groups in total. The maximum absolute atomic E-state index is 14.5. The molecule has 3 aliphatic rings. The van der Waals surface area contributed by atoms with Crippen LogP contribution < -0.4 is 16.4 Å². The van der Waals surface area contributed by atoms with Gasteiger partial charge in [-0.3, -0.25) is 24.1 Å². The number of hydrogen-bond donors (Lipinski definition) is 7. The first-order chi connectivity index (χ1) is 23.6. The van der Waals surface area contributed by atoms with E-state index in [1.54, 1.807) is 19.1 Å². The van der Waals surface area contributed by atoms with Crippen LogP contribution in [0.25, 0.3) is 16.5 Å². The number of carbonyl (C=O) groups excluding carboxylic acids is 5. The molecular weight excluding hydrogens is 648 g/mol. The van der Waals surface area contributed by atoms with Crippen molar-refractivity contribution < 1.29 is 49.1 Å². The average Bonchev–Trinajstić information content (AvgIpc) is 3.06. The molecule has 0 aliphatic heterocycles. The number of Topliss-reactive ketones (excluding diaryl/α,β-unsaturated/α-hetero) is 2. The molecule has 3 aromatic carbocycles. The Morgan fingerprint density at radius 3 is 2.28 bits per heavy atom. The number of nitrogens with one attached hydrogen (secondary N) is 2. The molecule has 0 spiro atoms. The van der Waals surface area contributed by atoms with Crippen LogP contribution in [0.15, 0.2) is 71.5 Å². The van der Waals surface area contributed by atoms with Gasteiger partial charge in [0.2, 0.25) is 5.78 Å². The van der Waals surface area contributed by atoms with Crippen molar-refractivity contribution in [3.8, 4) is 5.75 Å². The van der Waals surface area contributed by atoms with E-state index in [0.29, 0.717) is 11.3 Å². The van der Waals surface area contributed by atoms with Crippen molar-refractivity contribution in [1.29, 1.82) is 0 Å². The van der Waals surface area contributed by atoms with Crippen LogP contribution in [0, 0.1) is 11.8 Å². The van der Waals surface area contributed by atoms with E-state index in [1.165, 1.54) is 38.1 Å². The van der Waals surface area contributed by atoms with Gasteiger partial charge in [-0.05, 0) is 43.1 Å². The summed E-state index contributed by atoms with van der Waals surface area (Å²) in [6, 6.07) is 13.5. The minimum atomic E-state index is -3.06. The van der Waals surface area contributed by atoms with Crippen LogP contribution in [-0.2, 0) is 23.9 Å². The summed E-state index contributed by atoms with van der Waals surface area (Å²) < 4.78 is 5.84. The summed E-state index contributed by atoms with van der Waals surface area (Å²) in [5.41, 5.74) is 1.24. The van der Waals surface area contributed by atoms with Crippen LogP contribution in [0.5, 0.6) is 5.75 Å². The number of benzene rings is 3. The van der Waals surface area contributed by atoms with Gasteiger partial charge in [0.15, 0.2) is 11.4 Å². The van der Waals surface area contributed by atoms with E-state index in [0.717, 1.165) is 10.8 Å². The number of primary amides is 1. The number of aliphatic hydroxyl groups is 3.